The molecule has 0 atom stereocenters. The van der Waals surface area contributed by atoms with Crippen LogP contribution >= 0.6 is 0 Å². The number of fused-ring (bicyclic) bond motifs is 1. The minimum Gasteiger partial charge on any atom is -0.352 e. The molecule has 0 bridgehead atoms. The zero-order valence-electron chi connectivity index (χ0n) is 13.0. The van der Waals surface area contributed by atoms with E-state index >= 15 is 0 Å². The first-order valence-electron chi connectivity index (χ1n) is 7.85. The molecule has 1 aliphatic rings. The molecule has 0 spiro atoms. The van der Waals surface area contributed by atoms with E-state index in [2.05, 4.69) is 47.9 Å². The number of hydrogen-bond donors (Lipinski definition) is 2. The molecule has 1 aliphatic heterocycles. The van der Waals surface area contributed by atoms with Gasteiger partial charge >= 0.3 is 0 Å². The van der Waals surface area contributed by atoms with Gasteiger partial charge in [-0.3, -0.25) is 4.79 Å². The molecule has 0 saturated carbocycles. The standard InChI is InChI=1S/C19H22N2O/c1-14-4-2-3-5-16(14)8-9-19(22)21-11-15-6-7-17-12-20-13-18(17)10-15/h2-7,10,20H,8-9,11-13H2,1H3,(H,21,22). The highest BCUT2D eigenvalue weighted by atomic mass is 16.1. The Labute approximate surface area is 131 Å². The molecule has 0 fully saturated rings. The molecule has 22 heavy (non-hydrogen) atoms. The third kappa shape index (κ3) is 3.55. The van der Waals surface area contributed by atoms with Crippen LogP contribution in [0.5, 0.6) is 0 Å². The maximum absolute atomic E-state index is 12.0. The number of hydrogen-bond acceptors (Lipinski definition) is 2. The van der Waals surface area contributed by atoms with Crippen LogP contribution in [-0.2, 0) is 30.8 Å². The summed E-state index contributed by atoms with van der Waals surface area (Å²) >= 11 is 0. The largest absolute Gasteiger partial charge is 0.352 e. The Balaban J connectivity index is 1.49. The lowest BCUT2D eigenvalue weighted by molar-refractivity contribution is -0.121. The van der Waals surface area contributed by atoms with E-state index in [0.717, 1.165) is 19.5 Å². The number of aryl methyl sites for hydroxylation is 2. The van der Waals surface area contributed by atoms with Crippen LogP contribution in [0.15, 0.2) is 42.5 Å². The van der Waals surface area contributed by atoms with Crippen molar-refractivity contribution in [1.82, 2.24) is 10.6 Å². The Morgan fingerprint density at radius 1 is 1.14 bits per heavy atom. The van der Waals surface area contributed by atoms with Crippen molar-refractivity contribution in [3.05, 3.63) is 70.3 Å². The normalized spacial score (nSPS) is 13.0. The van der Waals surface area contributed by atoms with E-state index in [1.165, 1.54) is 27.8 Å². The summed E-state index contributed by atoms with van der Waals surface area (Å²) in [4.78, 5) is 12.0. The average molecular weight is 294 g/mol. The Bertz CT molecular complexity index is 679. The third-order valence-electron chi connectivity index (χ3n) is 4.27. The van der Waals surface area contributed by atoms with E-state index in [1.54, 1.807) is 0 Å². The van der Waals surface area contributed by atoms with Gasteiger partial charge in [0, 0.05) is 26.1 Å². The first-order chi connectivity index (χ1) is 10.7. The van der Waals surface area contributed by atoms with Crippen molar-refractivity contribution >= 4 is 5.91 Å². The van der Waals surface area contributed by atoms with Crippen LogP contribution in [0.1, 0.15) is 34.2 Å². The average Bonchev–Trinajstić information content (AvgIpc) is 2.99. The van der Waals surface area contributed by atoms with Crippen LogP contribution in [0.3, 0.4) is 0 Å². The molecular weight excluding hydrogens is 272 g/mol. The van der Waals surface area contributed by atoms with Crippen molar-refractivity contribution in [3.63, 3.8) is 0 Å². The Kier molecular flexibility index (Phi) is 4.54. The van der Waals surface area contributed by atoms with Gasteiger partial charge in [-0.25, -0.2) is 0 Å². The first-order valence-corrected chi connectivity index (χ1v) is 7.85. The molecule has 3 rings (SSSR count). The summed E-state index contributed by atoms with van der Waals surface area (Å²) in [5.41, 5.74) is 6.40. The Morgan fingerprint density at radius 2 is 1.95 bits per heavy atom. The third-order valence-corrected chi connectivity index (χ3v) is 4.27. The number of nitrogens with one attached hydrogen (secondary N) is 2. The van der Waals surface area contributed by atoms with Crippen LogP contribution in [0, 0.1) is 6.92 Å². The van der Waals surface area contributed by atoms with Gasteiger partial charge in [-0.15, -0.1) is 0 Å². The second kappa shape index (κ2) is 6.75. The van der Waals surface area contributed by atoms with Gasteiger partial charge in [0.25, 0.3) is 0 Å². The van der Waals surface area contributed by atoms with Gasteiger partial charge in [-0.1, -0.05) is 42.5 Å². The van der Waals surface area contributed by atoms with Gasteiger partial charge in [0.1, 0.15) is 0 Å². The fourth-order valence-electron chi connectivity index (χ4n) is 2.89. The molecule has 114 valence electrons. The van der Waals surface area contributed by atoms with Crippen molar-refractivity contribution in [2.24, 2.45) is 0 Å². The van der Waals surface area contributed by atoms with E-state index in [0.29, 0.717) is 13.0 Å². The maximum Gasteiger partial charge on any atom is 0.220 e. The van der Waals surface area contributed by atoms with Crippen LogP contribution in [0.4, 0.5) is 0 Å². The predicted molar refractivity (Wildman–Crippen MR) is 88.3 cm³/mol. The van der Waals surface area contributed by atoms with E-state index in [-0.39, 0.29) is 5.91 Å². The molecule has 0 unspecified atom stereocenters. The number of benzene rings is 2. The summed E-state index contributed by atoms with van der Waals surface area (Å²) in [6.07, 6.45) is 1.34. The number of rotatable bonds is 5. The first kappa shape index (κ1) is 14.8. The van der Waals surface area contributed by atoms with E-state index in [4.69, 9.17) is 0 Å². The van der Waals surface area contributed by atoms with Crippen molar-refractivity contribution in [3.8, 4) is 0 Å². The Morgan fingerprint density at radius 3 is 2.82 bits per heavy atom. The second-order valence-corrected chi connectivity index (χ2v) is 5.91. The number of amides is 1. The molecule has 1 amide bonds. The smallest absolute Gasteiger partial charge is 0.220 e. The molecule has 0 aliphatic carbocycles. The minimum absolute atomic E-state index is 0.113. The quantitative estimate of drug-likeness (QED) is 0.890. The summed E-state index contributed by atoms with van der Waals surface area (Å²) in [7, 11) is 0. The van der Waals surface area contributed by atoms with E-state index in [1.807, 2.05) is 12.1 Å². The van der Waals surface area contributed by atoms with Crippen LogP contribution in [0.2, 0.25) is 0 Å². The van der Waals surface area contributed by atoms with Gasteiger partial charge in [-0.2, -0.15) is 0 Å². The topological polar surface area (TPSA) is 41.1 Å². The molecule has 2 aromatic carbocycles. The highest BCUT2D eigenvalue weighted by Gasteiger charge is 2.10. The summed E-state index contributed by atoms with van der Waals surface area (Å²) < 4.78 is 0. The lowest BCUT2D eigenvalue weighted by Crippen LogP contribution is -2.23. The molecule has 0 aromatic heterocycles. The summed E-state index contributed by atoms with van der Waals surface area (Å²) in [6.45, 7) is 4.59. The summed E-state index contributed by atoms with van der Waals surface area (Å²) in [6, 6.07) is 14.7. The molecule has 0 saturated heterocycles. The van der Waals surface area contributed by atoms with Crippen LogP contribution in [0.25, 0.3) is 0 Å². The lowest BCUT2D eigenvalue weighted by atomic mass is 10.0. The molecule has 3 nitrogen and oxygen atoms in total. The SMILES string of the molecule is Cc1ccccc1CCC(=O)NCc1ccc2c(c1)CNC2. The van der Waals surface area contributed by atoms with Crippen LogP contribution in [-0.4, -0.2) is 5.91 Å². The zero-order chi connectivity index (χ0) is 15.4. The van der Waals surface area contributed by atoms with Gasteiger partial charge in [0.05, 0.1) is 0 Å². The highest BCUT2D eigenvalue weighted by Crippen LogP contribution is 2.17. The monoisotopic (exact) mass is 294 g/mol. The van der Waals surface area contributed by atoms with Gasteiger partial charge < -0.3 is 10.6 Å². The molecule has 1 heterocycles. The number of carbonyl (C=O) groups excluding carboxylic acids is 1. The molecule has 3 heteroatoms. The van der Waals surface area contributed by atoms with E-state index < -0.39 is 0 Å². The van der Waals surface area contributed by atoms with Crippen molar-refractivity contribution in [2.75, 3.05) is 0 Å². The zero-order valence-corrected chi connectivity index (χ0v) is 13.0. The summed E-state index contributed by atoms with van der Waals surface area (Å²) in [5, 5.41) is 6.36. The summed E-state index contributed by atoms with van der Waals surface area (Å²) in [5.74, 6) is 0.113. The van der Waals surface area contributed by atoms with Gasteiger partial charge in [-0.05, 0) is 41.2 Å². The van der Waals surface area contributed by atoms with Crippen molar-refractivity contribution in [1.29, 1.82) is 0 Å². The van der Waals surface area contributed by atoms with Crippen molar-refractivity contribution in [2.45, 2.75) is 39.4 Å². The highest BCUT2D eigenvalue weighted by molar-refractivity contribution is 5.76. The Hall–Kier alpha value is -2.13. The predicted octanol–water partition coefficient (Wildman–Crippen LogP) is 2.85. The molecule has 0 radical (unpaired) electrons. The van der Waals surface area contributed by atoms with Gasteiger partial charge in [0.15, 0.2) is 0 Å². The van der Waals surface area contributed by atoms with E-state index in [9.17, 15) is 4.79 Å². The van der Waals surface area contributed by atoms with Crippen LogP contribution < -0.4 is 10.6 Å². The number of carbonyl (C=O) groups is 1. The second-order valence-electron chi connectivity index (χ2n) is 5.91. The molecule has 2 aromatic rings. The minimum atomic E-state index is 0.113. The van der Waals surface area contributed by atoms with Gasteiger partial charge in [0.2, 0.25) is 5.91 Å². The maximum atomic E-state index is 12.0. The fourth-order valence-corrected chi connectivity index (χ4v) is 2.89. The van der Waals surface area contributed by atoms with Crippen molar-refractivity contribution < 1.29 is 4.79 Å². The molecular formula is C19H22N2O. The molecule has 2 N–H and O–H groups in total. The lowest BCUT2D eigenvalue weighted by Gasteiger charge is -2.08. The fraction of sp³-hybridized carbons (Fsp3) is 0.316.